The number of nitrogens with two attached hydrogens (primary N) is 1. The molecule has 0 aliphatic heterocycles. The Morgan fingerprint density at radius 1 is 1.10 bits per heavy atom. The van der Waals surface area contributed by atoms with Crippen molar-refractivity contribution in [2.24, 2.45) is 10.7 Å². The van der Waals surface area contributed by atoms with Crippen molar-refractivity contribution in [2.45, 2.75) is 90.8 Å². The van der Waals surface area contributed by atoms with Gasteiger partial charge in [-0.05, 0) is 47.0 Å². The molecule has 0 bridgehead atoms. The Balaban J connectivity index is 2.25. The maximum absolute atomic E-state index is 6.02. The number of nitrogens with zero attached hydrogens (tertiary/aromatic N) is 2. The highest BCUT2D eigenvalue weighted by molar-refractivity contribution is 5.78. The molecule has 1 saturated carbocycles. The van der Waals surface area contributed by atoms with Gasteiger partial charge in [0.2, 0.25) is 0 Å². The lowest BCUT2D eigenvalue weighted by molar-refractivity contribution is 0.174. The van der Waals surface area contributed by atoms with E-state index < -0.39 is 0 Å². The van der Waals surface area contributed by atoms with E-state index in [4.69, 9.17) is 5.73 Å². The van der Waals surface area contributed by atoms with Crippen molar-refractivity contribution >= 4 is 5.96 Å². The molecule has 0 aromatic heterocycles. The van der Waals surface area contributed by atoms with Crippen LogP contribution in [0.25, 0.3) is 0 Å². The third-order valence-corrected chi connectivity index (χ3v) is 4.39. The summed E-state index contributed by atoms with van der Waals surface area (Å²) in [7, 11) is 0. The van der Waals surface area contributed by atoms with Gasteiger partial charge in [0, 0.05) is 31.2 Å². The van der Waals surface area contributed by atoms with Crippen LogP contribution in [0.3, 0.4) is 0 Å². The molecule has 0 heterocycles. The summed E-state index contributed by atoms with van der Waals surface area (Å²) in [6, 6.07) is 1.73. The molecule has 1 rings (SSSR count). The zero-order chi connectivity index (χ0) is 15.7. The summed E-state index contributed by atoms with van der Waals surface area (Å²) in [4.78, 5) is 7.00. The average molecular weight is 297 g/mol. The largest absolute Gasteiger partial charge is 0.370 e. The summed E-state index contributed by atoms with van der Waals surface area (Å²) >= 11 is 0. The van der Waals surface area contributed by atoms with Gasteiger partial charge in [-0.15, -0.1) is 0 Å². The predicted octanol–water partition coefficient (Wildman–Crippen LogP) is 3.12. The second-order valence-electron chi connectivity index (χ2n) is 6.88. The lowest BCUT2D eigenvalue weighted by Crippen LogP contribution is -2.40. The first kappa shape index (κ1) is 18.3. The van der Waals surface area contributed by atoms with Gasteiger partial charge in [0.05, 0.1) is 0 Å². The lowest BCUT2D eigenvalue weighted by atomic mass is 10.1. The first-order valence-electron chi connectivity index (χ1n) is 8.83. The van der Waals surface area contributed by atoms with Crippen LogP contribution in [0.5, 0.6) is 0 Å². The standard InChI is InChI=1S/C17H36N4/c1-14(2)21(15(3)4)13-9-12-19-17(18)20-16-10-7-5-6-8-11-16/h14-16H,5-13H2,1-4H3,(H3,18,19,20). The highest BCUT2D eigenvalue weighted by atomic mass is 15.2. The van der Waals surface area contributed by atoms with Crippen LogP contribution in [0, 0.1) is 0 Å². The topological polar surface area (TPSA) is 53.6 Å². The summed E-state index contributed by atoms with van der Waals surface area (Å²) in [5.74, 6) is 0.641. The van der Waals surface area contributed by atoms with Gasteiger partial charge in [-0.1, -0.05) is 25.7 Å². The Morgan fingerprint density at radius 2 is 1.67 bits per heavy atom. The predicted molar refractivity (Wildman–Crippen MR) is 92.7 cm³/mol. The van der Waals surface area contributed by atoms with Crippen molar-refractivity contribution in [3.05, 3.63) is 0 Å². The van der Waals surface area contributed by atoms with Crippen molar-refractivity contribution in [1.82, 2.24) is 10.2 Å². The molecule has 0 amide bonds. The maximum Gasteiger partial charge on any atom is 0.188 e. The molecule has 0 aromatic carbocycles. The van der Waals surface area contributed by atoms with Crippen LogP contribution in [0.4, 0.5) is 0 Å². The van der Waals surface area contributed by atoms with Crippen LogP contribution in [0.15, 0.2) is 4.99 Å². The average Bonchev–Trinajstić information content (AvgIpc) is 2.66. The van der Waals surface area contributed by atoms with Gasteiger partial charge < -0.3 is 11.1 Å². The molecule has 3 N–H and O–H groups in total. The van der Waals surface area contributed by atoms with Gasteiger partial charge in [-0.25, -0.2) is 0 Å². The van der Waals surface area contributed by atoms with Crippen molar-refractivity contribution in [3.63, 3.8) is 0 Å². The van der Waals surface area contributed by atoms with Gasteiger partial charge in [0.15, 0.2) is 5.96 Å². The fourth-order valence-corrected chi connectivity index (χ4v) is 3.24. The highest BCUT2D eigenvalue weighted by Crippen LogP contribution is 2.16. The third kappa shape index (κ3) is 7.70. The molecule has 0 spiro atoms. The first-order valence-corrected chi connectivity index (χ1v) is 8.83. The number of rotatable bonds is 7. The normalized spacial score (nSPS) is 18.5. The quantitative estimate of drug-likeness (QED) is 0.328. The Kier molecular flexibility index (Phi) is 8.74. The van der Waals surface area contributed by atoms with E-state index in [1.807, 2.05) is 0 Å². The molecule has 0 unspecified atom stereocenters. The van der Waals surface area contributed by atoms with Crippen LogP contribution in [-0.2, 0) is 0 Å². The van der Waals surface area contributed by atoms with Crippen molar-refractivity contribution in [1.29, 1.82) is 0 Å². The zero-order valence-electron chi connectivity index (χ0n) is 14.6. The monoisotopic (exact) mass is 296 g/mol. The van der Waals surface area contributed by atoms with E-state index >= 15 is 0 Å². The second kappa shape index (κ2) is 10.0. The van der Waals surface area contributed by atoms with E-state index in [2.05, 4.69) is 42.9 Å². The minimum atomic E-state index is 0.541. The summed E-state index contributed by atoms with van der Waals surface area (Å²) in [5, 5.41) is 3.41. The molecule has 124 valence electrons. The Labute approximate surface area is 131 Å². The Bertz CT molecular complexity index is 283. The zero-order valence-corrected chi connectivity index (χ0v) is 14.6. The molecule has 0 aromatic rings. The van der Waals surface area contributed by atoms with Crippen molar-refractivity contribution in [3.8, 4) is 0 Å². The van der Waals surface area contributed by atoms with Gasteiger partial charge in [-0.2, -0.15) is 0 Å². The Hall–Kier alpha value is -0.770. The summed E-state index contributed by atoms with van der Waals surface area (Å²) in [6.07, 6.45) is 8.94. The number of aliphatic imine (C=N–C) groups is 1. The Morgan fingerprint density at radius 3 is 2.19 bits per heavy atom. The van der Waals surface area contributed by atoms with Crippen LogP contribution in [-0.4, -0.2) is 42.1 Å². The van der Waals surface area contributed by atoms with Crippen LogP contribution >= 0.6 is 0 Å². The minimum absolute atomic E-state index is 0.541. The molecular formula is C17H36N4. The number of guanidine groups is 1. The van der Waals surface area contributed by atoms with Crippen LogP contribution in [0.2, 0.25) is 0 Å². The van der Waals surface area contributed by atoms with E-state index in [0.717, 1.165) is 19.5 Å². The molecule has 0 radical (unpaired) electrons. The first-order chi connectivity index (χ1) is 10.0. The molecule has 0 atom stereocenters. The van der Waals surface area contributed by atoms with Gasteiger partial charge >= 0.3 is 0 Å². The SMILES string of the molecule is CC(C)N(CCCN=C(N)NC1CCCCCC1)C(C)C. The molecule has 4 heteroatoms. The number of hydrogen-bond acceptors (Lipinski definition) is 2. The molecule has 0 saturated heterocycles. The van der Waals surface area contributed by atoms with Gasteiger partial charge in [0.25, 0.3) is 0 Å². The number of nitrogens with one attached hydrogen (secondary N) is 1. The minimum Gasteiger partial charge on any atom is -0.370 e. The van der Waals surface area contributed by atoms with Gasteiger partial charge in [0.1, 0.15) is 0 Å². The molecule has 21 heavy (non-hydrogen) atoms. The molecule has 4 nitrogen and oxygen atoms in total. The number of hydrogen-bond donors (Lipinski definition) is 2. The van der Waals surface area contributed by atoms with Crippen LogP contribution in [0.1, 0.15) is 72.6 Å². The second-order valence-corrected chi connectivity index (χ2v) is 6.88. The summed E-state index contributed by atoms with van der Waals surface area (Å²) < 4.78 is 0. The van der Waals surface area contributed by atoms with E-state index in [-0.39, 0.29) is 0 Å². The summed E-state index contributed by atoms with van der Waals surface area (Å²) in [6.45, 7) is 10.9. The third-order valence-electron chi connectivity index (χ3n) is 4.39. The van der Waals surface area contributed by atoms with E-state index in [0.29, 0.717) is 24.1 Å². The fraction of sp³-hybridized carbons (Fsp3) is 0.941. The molecule has 1 fully saturated rings. The fourth-order valence-electron chi connectivity index (χ4n) is 3.24. The van der Waals surface area contributed by atoms with Gasteiger partial charge in [-0.3, -0.25) is 9.89 Å². The molecular weight excluding hydrogens is 260 g/mol. The van der Waals surface area contributed by atoms with E-state index in [1.165, 1.54) is 38.5 Å². The van der Waals surface area contributed by atoms with E-state index in [9.17, 15) is 0 Å². The van der Waals surface area contributed by atoms with E-state index in [1.54, 1.807) is 0 Å². The van der Waals surface area contributed by atoms with Crippen molar-refractivity contribution in [2.75, 3.05) is 13.1 Å². The maximum atomic E-state index is 6.02. The lowest BCUT2D eigenvalue weighted by Gasteiger charge is -2.30. The summed E-state index contributed by atoms with van der Waals surface area (Å²) in [5.41, 5.74) is 6.02. The smallest absolute Gasteiger partial charge is 0.188 e. The highest BCUT2D eigenvalue weighted by Gasteiger charge is 2.13. The van der Waals surface area contributed by atoms with Crippen molar-refractivity contribution < 1.29 is 0 Å². The van der Waals surface area contributed by atoms with Crippen LogP contribution < -0.4 is 11.1 Å². The molecule has 1 aliphatic rings. The molecule has 1 aliphatic carbocycles.